The van der Waals surface area contributed by atoms with Crippen LogP contribution in [0.5, 0.6) is 5.75 Å². The van der Waals surface area contributed by atoms with E-state index in [4.69, 9.17) is 14.7 Å². The van der Waals surface area contributed by atoms with Crippen molar-refractivity contribution in [3.8, 4) is 22.9 Å². The lowest BCUT2D eigenvalue weighted by Crippen LogP contribution is -2.21. The largest absolute Gasteiger partial charge is 0.491 e. The second-order valence-electron chi connectivity index (χ2n) is 5.55. The first-order valence-corrected chi connectivity index (χ1v) is 7.63. The zero-order valence-electron chi connectivity index (χ0n) is 12.7. The molecule has 4 nitrogen and oxygen atoms in total. The molecule has 0 spiro atoms. The smallest absolute Gasteiger partial charge is 0.145 e. The Balaban J connectivity index is 1.83. The number of hydrogen-bond donors (Lipinski definition) is 0. The molecule has 0 radical (unpaired) electrons. The highest BCUT2D eigenvalue weighted by Crippen LogP contribution is 2.31. The summed E-state index contributed by atoms with van der Waals surface area (Å²) >= 11 is 0. The summed E-state index contributed by atoms with van der Waals surface area (Å²) in [5.74, 6) is 0.774. The van der Waals surface area contributed by atoms with Gasteiger partial charge in [-0.1, -0.05) is 12.1 Å². The Bertz CT molecular complexity index is 704. The first kappa shape index (κ1) is 15.4. The van der Waals surface area contributed by atoms with Crippen molar-refractivity contribution in [2.75, 3.05) is 19.8 Å². The molecule has 0 saturated carbocycles. The van der Waals surface area contributed by atoms with E-state index in [1.54, 1.807) is 24.4 Å². The van der Waals surface area contributed by atoms with Crippen molar-refractivity contribution in [2.24, 2.45) is 5.92 Å². The van der Waals surface area contributed by atoms with Crippen LogP contribution in [-0.4, -0.2) is 24.8 Å². The lowest BCUT2D eigenvalue weighted by Gasteiger charge is -2.22. The number of aromatic nitrogens is 1. The Morgan fingerprint density at radius 2 is 2.00 bits per heavy atom. The Morgan fingerprint density at radius 3 is 2.70 bits per heavy atom. The molecule has 5 heteroatoms. The van der Waals surface area contributed by atoms with E-state index in [1.165, 1.54) is 12.1 Å². The quantitative estimate of drug-likeness (QED) is 0.866. The number of pyridine rings is 1. The van der Waals surface area contributed by atoms with Crippen LogP contribution in [0.25, 0.3) is 11.1 Å². The Kier molecular flexibility index (Phi) is 4.84. The van der Waals surface area contributed by atoms with E-state index in [1.807, 2.05) is 6.07 Å². The van der Waals surface area contributed by atoms with Crippen LogP contribution in [0, 0.1) is 23.1 Å². The maximum absolute atomic E-state index is 13.1. The number of halogens is 1. The van der Waals surface area contributed by atoms with Crippen LogP contribution in [-0.2, 0) is 4.74 Å². The molecule has 0 atom stereocenters. The molecule has 0 aliphatic carbocycles. The first-order valence-electron chi connectivity index (χ1n) is 7.63. The third kappa shape index (κ3) is 3.85. The molecule has 1 aliphatic rings. The van der Waals surface area contributed by atoms with Crippen molar-refractivity contribution in [1.82, 2.24) is 4.98 Å². The predicted molar refractivity (Wildman–Crippen MR) is 83.4 cm³/mol. The Morgan fingerprint density at radius 1 is 1.26 bits per heavy atom. The number of rotatable bonds is 4. The van der Waals surface area contributed by atoms with Crippen LogP contribution in [0.3, 0.4) is 0 Å². The third-order valence-electron chi connectivity index (χ3n) is 3.95. The first-order chi connectivity index (χ1) is 11.3. The maximum atomic E-state index is 13.1. The number of hydrogen-bond acceptors (Lipinski definition) is 4. The zero-order chi connectivity index (χ0) is 16.1. The lowest BCUT2D eigenvalue weighted by molar-refractivity contribution is 0.0498. The summed E-state index contributed by atoms with van der Waals surface area (Å²) in [6.45, 7) is 2.13. The molecule has 0 amide bonds. The zero-order valence-corrected chi connectivity index (χ0v) is 12.7. The van der Waals surface area contributed by atoms with Gasteiger partial charge in [0.05, 0.1) is 12.8 Å². The molecule has 23 heavy (non-hydrogen) atoms. The van der Waals surface area contributed by atoms with Crippen molar-refractivity contribution in [1.29, 1.82) is 5.26 Å². The normalized spacial score (nSPS) is 15.1. The fourth-order valence-electron chi connectivity index (χ4n) is 2.59. The van der Waals surface area contributed by atoms with Gasteiger partial charge < -0.3 is 9.47 Å². The monoisotopic (exact) mass is 312 g/mol. The van der Waals surface area contributed by atoms with Gasteiger partial charge in [-0.3, -0.25) is 0 Å². The van der Waals surface area contributed by atoms with Gasteiger partial charge in [0.2, 0.25) is 0 Å². The van der Waals surface area contributed by atoms with Gasteiger partial charge in [0.1, 0.15) is 23.3 Å². The predicted octanol–water partition coefficient (Wildman–Crippen LogP) is 3.56. The summed E-state index contributed by atoms with van der Waals surface area (Å²) in [4.78, 5) is 4.08. The third-order valence-corrected chi connectivity index (χ3v) is 3.95. The molecule has 1 fully saturated rings. The molecule has 2 aromatic rings. The number of nitriles is 1. The van der Waals surface area contributed by atoms with E-state index < -0.39 is 0 Å². The van der Waals surface area contributed by atoms with Crippen LogP contribution >= 0.6 is 0 Å². The Hall–Kier alpha value is -2.45. The van der Waals surface area contributed by atoms with Crippen LogP contribution < -0.4 is 4.74 Å². The summed E-state index contributed by atoms with van der Waals surface area (Å²) in [6.07, 6.45) is 3.53. The highest BCUT2D eigenvalue weighted by molar-refractivity contribution is 5.70. The fourth-order valence-corrected chi connectivity index (χ4v) is 2.59. The Labute approximate surface area is 134 Å². The summed E-state index contributed by atoms with van der Waals surface area (Å²) in [6, 6.07) is 9.83. The molecule has 1 saturated heterocycles. The second-order valence-corrected chi connectivity index (χ2v) is 5.55. The van der Waals surface area contributed by atoms with E-state index in [0.29, 0.717) is 24.0 Å². The van der Waals surface area contributed by atoms with E-state index >= 15 is 0 Å². The van der Waals surface area contributed by atoms with Gasteiger partial charge in [0.25, 0.3) is 0 Å². The van der Waals surface area contributed by atoms with Crippen LogP contribution in [0.4, 0.5) is 4.39 Å². The molecule has 0 bridgehead atoms. The van der Waals surface area contributed by atoms with Gasteiger partial charge in [-0.2, -0.15) is 5.26 Å². The van der Waals surface area contributed by atoms with Gasteiger partial charge in [-0.15, -0.1) is 0 Å². The van der Waals surface area contributed by atoms with Gasteiger partial charge in [-0.25, -0.2) is 9.37 Å². The maximum Gasteiger partial charge on any atom is 0.145 e. The van der Waals surface area contributed by atoms with Gasteiger partial charge in [-0.05, 0) is 42.5 Å². The topological polar surface area (TPSA) is 55.1 Å². The van der Waals surface area contributed by atoms with E-state index in [-0.39, 0.29) is 5.82 Å². The van der Waals surface area contributed by atoms with Crippen molar-refractivity contribution < 1.29 is 13.9 Å². The average molecular weight is 312 g/mol. The number of nitrogens with zero attached hydrogens (tertiary/aromatic N) is 2. The summed E-state index contributed by atoms with van der Waals surface area (Å²) in [5.41, 5.74) is 1.86. The molecule has 2 heterocycles. The molecular weight excluding hydrogens is 295 g/mol. The van der Waals surface area contributed by atoms with Crippen molar-refractivity contribution in [3.05, 3.63) is 48.0 Å². The molecular formula is C18H17FN2O2. The standard InChI is InChI=1S/C18H17FN2O2/c19-15-3-1-14(2-4-15)17-9-16(10-20)21-11-18(17)23-12-13-5-7-22-8-6-13/h1-4,9,11,13H,5-8,12H2. The second kappa shape index (κ2) is 7.21. The van der Waals surface area contributed by atoms with E-state index in [0.717, 1.165) is 37.2 Å². The molecule has 0 N–H and O–H groups in total. The highest BCUT2D eigenvalue weighted by atomic mass is 19.1. The molecule has 0 unspecified atom stereocenters. The van der Waals surface area contributed by atoms with Gasteiger partial charge in [0, 0.05) is 18.8 Å². The van der Waals surface area contributed by atoms with Crippen molar-refractivity contribution >= 4 is 0 Å². The lowest BCUT2D eigenvalue weighted by atomic mass is 10.0. The summed E-state index contributed by atoms with van der Waals surface area (Å²) in [7, 11) is 0. The minimum Gasteiger partial charge on any atom is -0.491 e. The van der Waals surface area contributed by atoms with E-state index in [2.05, 4.69) is 4.98 Å². The summed E-state index contributed by atoms with van der Waals surface area (Å²) < 4.78 is 24.4. The SMILES string of the molecule is N#Cc1cc(-c2ccc(F)cc2)c(OCC2CCOCC2)cn1. The van der Waals surface area contributed by atoms with Gasteiger partial charge >= 0.3 is 0 Å². The number of ether oxygens (including phenoxy) is 2. The molecule has 1 aromatic heterocycles. The van der Waals surface area contributed by atoms with Crippen molar-refractivity contribution in [2.45, 2.75) is 12.8 Å². The van der Waals surface area contributed by atoms with Crippen molar-refractivity contribution in [3.63, 3.8) is 0 Å². The molecule has 1 aliphatic heterocycles. The van der Waals surface area contributed by atoms with Crippen LogP contribution in [0.2, 0.25) is 0 Å². The minimum absolute atomic E-state index is 0.298. The molecule has 1 aromatic carbocycles. The fraction of sp³-hybridized carbons (Fsp3) is 0.333. The summed E-state index contributed by atoms with van der Waals surface area (Å²) in [5, 5.41) is 9.05. The minimum atomic E-state index is -0.298. The van der Waals surface area contributed by atoms with Crippen LogP contribution in [0.15, 0.2) is 36.5 Å². The van der Waals surface area contributed by atoms with Gasteiger partial charge in [0.15, 0.2) is 0 Å². The average Bonchev–Trinajstić information content (AvgIpc) is 2.61. The number of benzene rings is 1. The molecule has 3 rings (SSSR count). The van der Waals surface area contributed by atoms with Crippen LogP contribution in [0.1, 0.15) is 18.5 Å². The highest BCUT2D eigenvalue weighted by Gasteiger charge is 2.16. The molecule has 118 valence electrons. The van der Waals surface area contributed by atoms with E-state index in [9.17, 15) is 4.39 Å².